The van der Waals surface area contributed by atoms with Crippen LogP contribution in [0.15, 0.2) is 18.2 Å². The van der Waals surface area contributed by atoms with E-state index in [9.17, 15) is 14.9 Å². The zero-order valence-corrected chi connectivity index (χ0v) is 12.8. The van der Waals surface area contributed by atoms with Crippen LogP contribution in [-0.2, 0) is 4.79 Å². The average Bonchev–Trinajstić information content (AvgIpc) is 2.36. The Morgan fingerprint density at radius 2 is 2.10 bits per heavy atom. The van der Waals surface area contributed by atoms with Gasteiger partial charge in [0.05, 0.1) is 4.92 Å². The third-order valence-corrected chi connectivity index (χ3v) is 3.23. The highest BCUT2D eigenvalue weighted by Crippen LogP contribution is 2.26. The summed E-state index contributed by atoms with van der Waals surface area (Å²) in [5.74, 6) is 0.313. The molecular weight excluding hydrogens is 270 g/mol. The molecule has 1 aromatic rings. The van der Waals surface area contributed by atoms with Crippen molar-refractivity contribution in [1.82, 2.24) is 0 Å². The van der Waals surface area contributed by atoms with Crippen LogP contribution < -0.4 is 11.1 Å². The van der Waals surface area contributed by atoms with Gasteiger partial charge in [-0.15, -0.1) is 0 Å². The van der Waals surface area contributed by atoms with Gasteiger partial charge < -0.3 is 11.1 Å². The number of anilines is 1. The zero-order chi connectivity index (χ0) is 16.0. The van der Waals surface area contributed by atoms with Crippen molar-refractivity contribution < 1.29 is 9.72 Å². The Bertz CT molecular complexity index is 515. The van der Waals surface area contributed by atoms with Gasteiger partial charge in [0.15, 0.2) is 0 Å². The van der Waals surface area contributed by atoms with Crippen LogP contribution in [0.25, 0.3) is 0 Å². The number of hydrogen-bond donors (Lipinski definition) is 2. The fraction of sp³-hybridized carbons (Fsp3) is 0.533. The topological polar surface area (TPSA) is 98.3 Å². The normalized spacial score (nSPS) is 12.2. The molecule has 1 aromatic carbocycles. The first-order valence-electron chi connectivity index (χ1n) is 7.08. The molecule has 21 heavy (non-hydrogen) atoms. The van der Waals surface area contributed by atoms with Crippen molar-refractivity contribution in [2.45, 2.75) is 33.6 Å². The van der Waals surface area contributed by atoms with Crippen LogP contribution in [0.5, 0.6) is 0 Å². The van der Waals surface area contributed by atoms with E-state index in [0.717, 1.165) is 12.0 Å². The summed E-state index contributed by atoms with van der Waals surface area (Å²) in [6, 6.07) is 4.66. The Morgan fingerprint density at radius 1 is 1.43 bits per heavy atom. The minimum absolute atomic E-state index is 0.0915. The van der Waals surface area contributed by atoms with Crippen LogP contribution in [0.2, 0.25) is 0 Å². The molecule has 0 aromatic heterocycles. The molecule has 0 fully saturated rings. The van der Waals surface area contributed by atoms with E-state index in [0.29, 0.717) is 12.5 Å². The maximum Gasteiger partial charge on any atom is 0.292 e. The summed E-state index contributed by atoms with van der Waals surface area (Å²) in [6.07, 6.45) is 1.14. The molecule has 0 spiro atoms. The van der Waals surface area contributed by atoms with Crippen molar-refractivity contribution in [2.75, 3.05) is 11.9 Å². The first-order valence-corrected chi connectivity index (χ1v) is 7.08. The molecule has 116 valence electrons. The molecule has 3 N–H and O–H groups in total. The molecule has 0 bridgehead atoms. The molecule has 1 unspecified atom stereocenters. The number of nitro groups is 1. The predicted molar refractivity (Wildman–Crippen MR) is 83.1 cm³/mol. The predicted octanol–water partition coefficient (Wildman–Crippen LogP) is 2.85. The highest BCUT2D eigenvalue weighted by atomic mass is 16.6. The van der Waals surface area contributed by atoms with E-state index in [1.807, 2.05) is 6.92 Å². The van der Waals surface area contributed by atoms with Gasteiger partial charge in [0.1, 0.15) is 5.69 Å². The van der Waals surface area contributed by atoms with E-state index in [4.69, 9.17) is 5.73 Å². The lowest BCUT2D eigenvalue weighted by Gasteiger charge is -2.16. The molecule has 0 saturated carbocycles. The summed E-state index contributed by atoms with van der Waals surface area (Å²) in [6.45, 7) is 6.40. The maximum atomic E-state index is 12.1. The molecule has 0 aliphatic heterocycles. The molecule has 1 amide bonds. The van der Waals surface area contributed by atoms with E-state index >= 15 is 0 Å². The van der Waals surface area contributed by atoms with Gasteiger partial charge in [0.2, 0.25) is 5.91 Å². The van der Waals surface area contributed by atoms with E-state index in [2.05, 4.69) is 19.2 Å². The van der Waals surface area contributed by atoms with Gasteiger partial charge in [0, 0.05) is 12.5 Å². The molecule has 0 heterocycles. The van der Waals surface area contributed by atoms with Gasteiger partial charge in [0.25, 0.3) is 5.69 Å². The Labute approximate surface area is 124 Å². The number of nitro benzene ring substituents is 1. The monoisotopic (exact) mass is 293 g/mol. The van der Waals surface area contributed by atoms with Crippen molar-refractivity contribution in [2.24, 2.45) is 17.6 Å². The number of rotatable bonds is 7. The van der Waals surface area contributed by atoms with Crippen LogP contribution in [0.3, 0.4) is 0 Å². The molecule has 6 heteroatoms. The van der Waals surface area contributed by atoms with Crippen LogP contribution in [0.1, 0.15) is 32.3 Å². The van der Waals surface area contributed by atoms with E-state index < -0.39 is 4.92 Å². The largest absolute Gasteiger partial charge is 0.330 e. The molecule has 6 nitrogen and oxygen atoms in total. The number of nitrogens with two attached hydrogens (primary N) is 1. The molecule has 1 rings (SSSR count). The van der Waals surface area contributed by atoms with Gasteiger partial charge in [-0.3, -0.25) is 14.9 Å². The smallest absolute Gasteiger partial charge is 0.292 e. The second-order valence-electron chi connectivity index (χ2n) is 5.76. The fourth-order valence-electron chi connectivity index (χ4n) is 2.30. The molecule has 0 aliphatic rings. The summed E-state index contributed by atoms with van der Waals surface area (Å²) >= 11 is 0. The van der Waals surface area contributed by atoms with Gasteiger partial charge in [-0.1, -0.05) is 19.9 Å². The van der Waals surface area contributed by atoms with E-state index in [1.165, 1.54) is 6.07 Å². The lowest BCUT2D eigenvalue weighted by atomic mass is 9.94. The Kier molecular flexibility index (Phi) is 6.30. The maximum absolute atomic E-state index is 12.1. The van der Waals surface area contributed by atoms with Crippen molar-refractivity contribution in [3.63, 3.8) is 0 Å². The molecule has 0 radical (unpaired) electrons. The van der Waals surface area contributed by atoms with Gasteiger partial charge in [-0.25, -0.2) is 0 Å². The van der Waals surface area contributed by atoms with Crippen LogP contribution in [0.4, 0.5) is 11.4 Å². The number of carbonyl (C=O) groups is 1. The van der Waals surface area contributed by atoms with Crippen molar-refractivity contribution in [3.05, 3.63) is 33.9 Å². The quantitative estimate of drug-likeness (QED) is 0.596. The van der Waals surface area contributed by atoms with Crippen molar-refractivity contribution >= 4 is 17.3 Å². The van der Waals surface area contributed by atoms with Crippen molar-refractivity contribution in [1.29, 1.82) is 0 Å². The van der Waals surface area contributed by atoms with Gasteiger partial charge >= 0.3 is 0 Å². The molecule has 1 atom stereocenters. The number of hydrogen-bond acceptors (Lipinski definition) is 4. The molecule has 0 aliphatic carbocycles. The second-order valence-corrected chi connectivity index (χ2v) is 5.76. The van der Waals surface area contributed by atoms with Gasteiger partial charge in [-0.2, -0.15) is 0 Å². The van der Waals surface area contributed by atoms with Gasteiger partial charge in [-0.05, 0) is 43.4 Å². The minimum Gasteiger partial charge on any atom is -0.330 e. The minimum atomic E-state index is -0.496. The summed E-state index contributed by atoms with van der Waals surface area (Å²) in [5, 5.41) is 13.6. The zero-order valence-electron chi connectivity index (χ0n) is 12.8. The second kappa shape index (κ2) is 7.73. The number of carbonyl (C=O) groups excluding carboxylic acids is 1. The third kappa shape index (κ3) is 5.51. The summed E-state index contributed by atoms with van der Waals surface area (Å²) in [5.41, 5.74) is 6.68. The lowest BCUT2D eigenvalue weighted by molar-refractivity contribution is -0.383. The fourth-order valence-corrected chi connectivity index (χ4v) is 2.30. The highest BCUT2D eigenvalue weighted by molar-refractivity contribution is 5.93. The SMILES string of the molecule is Cc1ccc([N+](=O)[O-])c(NC(=O)CC(CN)CC(C)C)c1. The van der Waals surface area contributed by atoms with E-state index in [1.54, 1.807) is 12.1 Å². The first-order chi connectivity index (χ1) is 9.83. The van der Waals surface area contributed by atoms with E-state index in [-0.39, 0.29) is 29.6 Å². The number of aryl methyl sites for hydroxylation is 1. The van der Waals surface area contributed by atoms with Crippen LogP contribution in [-0.4, -0.2) is 17.4 Å². The highest BCUT2D eigenvalue weighted by Gasteiger charge is 2.18. The Morgan fingerprint density at radius 3 is 2.62 bits per heavy atom. The first kappa shape index (κ1) is 17.1. The summed E-state index contributed by atoms with van der Waals surface area (Å²) in [7, 11) is 0. The molecule has 0 saturated heterocycles. The number of amides is 1. The third-order valence-electron chi connectivity index (χ3n) is 3.23. The van der Waals surface area contributed by atoms with Crippen LogP contribution in [0, 0.1) is 28.9 Å². The standard InChI is InChI=1S/C15H23N3O3/c1-10(2)6-12(9-16)8-15(19)17-13-7-11(3)4-5-14(13)18(20)21/h4-5,7,10,12H,6,8-9,16H2,1-3H3,(H,17,19). The Hall–Kier alpha value is -1.95. The van der Waals surface area contributed by atoms with Crippen molar-refractivity contribution in [3.8, 4) is 0 Å². The lowest BCUT2D eigenvalue weighted by Crippen LogP contribution is -2.23. The number of nitrogens with zero attached hydrogens (tertiary/aromatic N) is 1. The summed E-state index contributed by atoms with van der Waals surface area (Å²) in [4.78, 5) is 22.5. The number of benzene rings is 1. The molecular formula is C15H23N3O3. The average molecular weight is 293 g/mol. The number of nitrogens with one attached hydrogen (secondary N) is 1. The van der Waals surface area contributed by atoms with Crippen LogP contribution >= 0.6 is 0 Å². The Balaban J connectivity index is 2.78. The summed E-state index contributed by atoms with van der Waals surface area (Å²) < 4.78 is 0.